The van der Waals surface area contributed by atoms with Gasteiger partial charge in [-0.3, -0.25) is 19.0 Å². The fraction of sp³-hybridized carbons (Fsp3) is 0.462. The molecule has 0 bridgehead atoms. The molecule has 1 saturated heterocycles. The molecule has 35 heavy (non-hydrogen) atoms. The van der Waals surface area contributed by atoms with Gasteiger partial charge in [-0.15, -0.1) is 11.3 Å². The van der Waals surface area contributed by atoms with Gasteiger partial charge in [-0.2, -0.15) is 0 Å². The van der Waals surface area contributed by atoms with Crippen molar-refractivity contribution in [1.82, 2.24) is 14.9 Å². The first kappa shape index (κ1) is 23.5. The van der Waals surface area contributed by atoms with Crippen LogP contribution in [-0.2, 0) is 17.8 Å². The molecule has 184 valence electrons. The van der Waals surface area contributed by atoms with Crippen molar-refractivity contribution in [1.29, 1.82) is 0 Å². The van der Waals surface area contributed by atoms with E-state index in [2.05, 4.69) is 26.6 Å². The van der Waals surface area contributed by atoms with Crippen molar-refractivity contribution in [3.05, 3.63) is 50.9 Å². The highest BCUT2D eigenvalue weighted by atomic mass is 32.1. The molecular formula is C26H31N5O3S. The summed E-state index contributed by atoms with van der Waals surface area (Å²) < 4.78 is 1.72. The molecule has 1 atom stereocenters. The lowest BCUT2D eigenvalue weighted by molar-refractivity contribution is -0.118. The first-order valence-corrected chi connectivity index (χ1v) is 13.3. The lowest BCUT2D eigenvalue weighted by Crippen LogP contribution is -2.43. The van der Waals surface area contributed by atoms with Crippen LogP contribution in [-0.4, -0.2) is 40.5 Å². The maximum absolute atomic E-state index is 13.2. The highest BCUT2D eigenvalue weighted by Crippen LogP contribution is 2.29. The van der Waals surface area contributed by atoms with Crippen molar-refractivity contribution in [3.8, 4) is 0 Å². The van der Waals surface area contributed by atoms with Crippen LogP contribution in [0.5, 0.6) is 0 Å². The van der Waals surface area contributed by atoms with Crippen LogP contribution in [0.3, 0.4) is 0 Å². The molecule has 4 heterocycles. The number of hydrogen-bond acceptors (Lipinski definition) is 6. The van der Waals surface area contributed by atoms with Gasteiger partial charge in [0.1, 0.15) is 16.7 Å². The van der Waals surface area contributed by atoms with Gasteiger partial charge in [0.05, 0.1) is 10.3 Å². The van der Waals surface area contributed by atoms with E-state index < -0.39 is 6.04 Å². The predicted molar refractivity (Wildman–Crippen MR) is 140 cm³/mol. The van der Waals surface area contributed by atoms with Crippen molar-refractivity contribution >= 4 is 44.7 Å². The number of amides is 2. The summed E-state index contributed by atoms with van der Waals surface area (Å²) in [6, 6.07) is 7.19. The summed E-state index contributed by atoms with van der Waals surface area (Å²) in [5, 5.41) is 6.42. The second-order valence-corrected chi connectivity index (χ2v) is 10.4. The number of thiophene rings is 1. The van der Waals surface area contributed by atoms with Crippen LogP contribution in [0.4, 0.5) is 11.4 Å². The van der Waals surface area contributed by atoms with E-state index in [9.17, 15) is 14.4 Å². The van der Waals surface area contributed by atoms with Gasteiger partial charge >= 0.3 is 0 Å². The third kappa shape index (κ3) is 4.57. The van der Waals surface area contributed by atoms with Gasteiger partial charge in [-0.05, 0) is 56.4 Å². The molecule has 1 unspecified atom stereocenters. The third-order valence-electron chi connectivity index (χ3n) is 6.90. The summed E-state index contributed by atoms with van der Waals surface area (Å²) in [4.78, 5) is 47.4. The lowest BCUT2D eigenvalue weighted by atomic mass is 10.1. The Labute approximate surface area is 208 Å². The normalized spacial score (nSPS) is 15.9. The minimum atomic E-state index is -0.674. The second-order valence-electron chi connectivity index (χ2n) is 9.37. The number of nitrogens with zero attached hydrogens (tertiary/aromatic N) is 3. The summed E-state index contributed by atoms with van der Waals surface area (Å²) in [6.45, 7) is 6.50. The van der Waals surface area contributed by atoms with Crippen LogP contribution in [0.25, 0.3) is 10.2 Å². The Morgan fingerprint density at radius 2 is 1.97 bits per heavy atom. The van der Waals surface area contributed by atoms with Crippen molar-refractivity contribution in [2.24, 2.45) is 0 Å². The number of aromatic nitrogens is 2. The smallest absolute Gasteiger partial charge is 0.262 e. The second kappa shape index (κ2) is 9.81. The Morgan fingerprint density at radius 3 is 2.74 bits per heavy atom. The Morgan fingerprint density at radius 1 is 1.17 bits per heavy atom. The van der Waals surface area contributed by atoms with Crippen molar-refractivity contribution in [2.45, 2.75) is 65.0 Å². The molecule has 0 radical (unpaired) electrons. The number of rotatable bonds is 7. The Balaban J connectivity index is 1.34. The molecule has 3 aromatic rings. The molecule has 0 saturated carbocycles. The maximum atomic E-state index is 13.2. The minimum Gasteiger partial charge on any atom is -0.371 e. The fourth-order valence-corrected chi connectivity index (χ4v) is 6.15. The molecule has 2 aromatic heterocycles. The van der Waals surface area contributed by atoms with Crippen LogP contribution in [0.2, 0.25) is 0 Å². The first-order valence-electron chi connectivity index (χ1n) is 12.5. The summed E-state index contributed by atoms with van der Waals surface area (Å²) in [5.74, 6) is 0.208. The lowest BCUT2D eigenvalue weighted by Gasteiger charge is -2.20. The molecular weight excluding hydrogens is 462 g/mol. The number of hydrogen-bond donors (Lipinski definition) is 2. The van der Waals surface area contributed by atoms with Crippen LogP contribution in [0.1, 0.15) is 60.1 Å². The van der Waals surface area contributed by atoms with Crippen molar-refractivity contribution in [3.63, 3.8) is 0 Å². The van der Waals surface area contributed by atoms with Gasteiger partial charge in [0, 0.05) is 37.4 Å². The zero-order chi connectivity index (χ0) is 24.5. The predicted octanol–water partition coefficient (Wildman–Crippen LogP) is 3.85. The van der Waals surface area contributed by atoms with Crippen LogP contribution in [0, 0.1) is 6.92 Å². The standard InChI is InChI=1S/C26H31N5O3S/c1-3-8-19(23(32)27-17-9-6-10-18(15-17)30-12-4-5-13-30)28-24(33)22-16(2)21-25(35-22)29-20-11-7-14-31(20)26(21)34/h6,9-10,15,19H,3-5,7-8,11-14H2,1-2H3,(H,27,32)(H,28,33). The van der Waals surface area contributed by atoms with Crippen molar-refractivity contribution < 1.29 is 9.59 Å². The fourth-order valence-electron chi connectivity index (χ4n) is 5.06. The van der Waals surface area contributed by atoms with Gasteiger partial charge in [0.15, 0.2) is 0 Å². The molecule has 1 aromatic carbocycles. The summed E-state index contributed by atoms with van der Waals surface area (Å²) in [6.07, 6.45) is 5.32. The number of fused-ring (bicyclic) bond motifs is 2. The number of carbonyl (C=O) groups is 2. The highest BCUT2D eigenvalue weighted by molar-refractivity contribution is 7.20. The van der Waals surface area contributed by atoms with Crippen molar-refractivity contribution in [2.75, 3.05) is 23.3 Å². The molecule has 2 aliphatic rings. The maximum Gasteiger partial charge on any atom is 0.262 e. The van der Waals surface area contributed by atoms with E-state index in [1.54, 1.807) is 11.5 Å². The van der Waals surface area contributed by atoms with Gasteiger partial charge in [-0.25, -0.2) is 4.98 Å². The summed E-state index contributed by atoms with van der Waals surface area (Å²) >= 11 is 1.23. The Bertz CT molecular complexity index is 1340. The van der Waals surface area contributed by atoms with Crippen LogP contribution in [0.15, 0.2) is 29.1 Å². The van der Waals surface area contributed by atoms with E-state index >= 15 is 0 Å². The summed E-state index contributed by atoms with van der Waals surface area (Å²) in [7, 11) is 0. The molecule has 2 aliphatic heterocycles. The summed E-state index contributed by atoms with van der Waals surface area (Å²) in [5.41, 5.74) is 2.38. The first-order chi connectivity index (χ1) is 17.0. The van der Waals surface area contributed by atoms with E-state index in [4.69, 9.17) is 0 Å². The molecule has 5 rings (SSSR count). The average Bonchev–Trinajstić information content (AvgIpc) is 3.60. The van der Waals surface area contributed by atoms with E-state index in [0.29, 0.717) is 33.6 Å². The average molecular weight is 494 g/mol. The molecule has 2 amide bonds. The quantitative estimate of drug-likeness (QED) is 0.521. The van der Waals surface area contributed by atoms with E-state index in [1.165, 1.54) is 24.2 Å². The SMILES string of the molecule is CCCC(NC(=O)c1sc2nc3n(c(=O)c2c1C)CCC3)C(=O)Nc1cccc(N2CCCC2)c1. The number of aryl methyl sites for hydroxylation is 2. The van der Waals surface area contributed by atoms with Gasteiger partial charge in [0.2, 0.25) is 5.91 Å². The number of anilines is 2. The molecule has 8 nitrogen and oxygen atoms in total. The molecule has 1 fully saturated rings. The number of carbonyl (C=O) groups excluding carboxylic acids is 2. The van der Waals surface area contributed by atoms with Gasteiger partial charge in [0.25, 0.3) is 11.5 Å². The monoisotopic (exact) mass is 493 g/mol. The number of nitrogens with one attached hydrogen (secondary N) is 2. The Hall–Kier alpha value is -3.20. The van der Waals surface area contributed by atoms with Crippen LogP contribution >= 0.6 is 11.3 Å². The molecule has 2 N–H and O–H groups in total. The minimum absolute atomic E-state index is 0.0731. The number of benzene rings is 1. The van der Waals surface area contributed by atoms with E-state index in [1.807, 2.05) is 25.1 Å². The molecule has 0 aliphatic carbocycles. The van der Waals surface area contributed by atoms with Gasteiger partial charge in [-0.1, -0.05) is 19.4 Å². The highest BCUT2D eigenvalue weighted by Gasteiger charge is 2.26. The third-order valence-corrected chi connectivity index (χ3v) is 8.09. The largest absolute Gasteiger partial charge is 0.371 e. The Kier molecular flexibility index (Phi) is 6.60. The van der Waals surface area contributed by atoms with Crippen LogP contribution < -0.4 is 21.1 Å². The zero-order valence-electron chi connectivity index (χ0n) is 20.2. The molecule has 9 heteroatoms. The van der Waals surface area contributed by atoms with Gasteiger partial charge < -0.3 is 15.5 Å². The van der Waals surface area contributed by atoms with E-state index in [-0.39, 0.29) is 17.4 Å². The molecule has 0 spiro atoms. The zero-order valence-corrected chi connectivity index (χ0v) is 21.0. The van der Waals surface area contributed by atoms with E-state index in [0.717, 1.165) is 49.6 Å². The topological polar surface area (TPSA) is 96.3 Å².